The molecule has 3 saturated heterocycles. The molecule has 4 aromatic rings. The SMILES string of the molecule is CCOC(=O)N[C@@H]1CC[C@@H]2[C@@H](C1)C[C@H]1C(=O)O[C@H](C)[C@H]1[C@H]2/C=C/c1ccc(-c2cccc(F)c2)cn1.CCOC(=O)N[C@@H]1CC[C@@H]2[C@@H](C1)C[C@H]1C(=O)O[C@H](C)[C@H]1[C@H]2C(=O)O.CCOC(=O)N[C@@H]1CC[C@@H]2[C@@H](C1)C[C@H]1C(=O)O[C@H](C)[C@H]1[C@H]2C=O.CCOP(=O)(Cc1ccc(-c2cccc(F)c2)cn1)OCC. The third kappa shape index (κ3) is 19.5. The standard InChI is InChI=1S/C29H33FN2O4.C17H25NO6.C17H25NO5.C16H19FNO3P/c1-3-35-29(34)32-23-10-11-24-20(14-23)15-26-27(17(2)36-28(26)33)25(24)12-9-22-8-7-19(16-31-22)18-5-4-6-21(30)13-18;1-3-23-17(22)18-10-4-5-11-9(6-10)7-12-13(14(11)15(19)20)8(2)24-16(12)21;1-3-22-17(21)18-11-4-5-12-10(6-11)7-13-15(14(12)8-19)9(2)23-16(13)20;1-3-20-22(19,21-4-2)12-16-9-8-14(11-18-16)13-6-5-7-15(17)10-13/h4-9,12-13,16-17,20,23-27H,3,10-11,14-15H2,1-2H3,(H,32,34);8-14H,3-7H2,1-2H3,(H,18,22)(H,19,20);8-15H,3-7H2,1-2H3,(H,18,21);5-11H,3-4,12H2,1-2H3/b12-9+;;;/t17-,20+,23-,24-,25+,26-,27+;8-,9+,10-,11-,12-,13-,14+;9-,10+,11-,12-,13-,14+,15-;/m111./s1. The Hall–Kier alpha value is -8.15. The molecule has 6 saturated carbocycles. The molecule has 9 aliphatic rings. The van der Waals surface area contributed by atoms with E-state index in [1.807, 2.05) is 50.3 Å². The van der Waals surface area contributed by atoms with Gasteiger partial charge in [0.05, 0.1) is 74.3 Å². The van der Waals surface area contributed by atoms with Crippen molar-refractivity contribution < 1.29 is 94.3 Å². The molecule has 26 heteroatoms. The van der Waals surface area contributed by atoms with Gasteiger partial charge in [-0.25, -0.2) is 23.2 Å². The first kappa shape index (κ1) is 79.4. The maximum absolute atomic E-state index is 13.6. The van der Waals surface area contributed by atoms with Crippen LogP contribution in [0.25, 0.3) is 28.3 Å². The summed E-state index contributed by atoms with van der Waals surface area (Å²) in [7, 11) is -3.16. The average Bonchev–Trinajstić information content (AvgIpc) is 1.68. The number of nitrogens with zero attached hydrogens (tertiary/aromatic N) is 2. The summed E-state index contributed by atoms with van der Waals surface area (Å²) in [4.78, 5) is 104. The number of hydrogen-bond donors (Lipinski definition) is 4. The summed E-state index contributed by atoms with van der Waals surface area (Å²) in [5.74, 6) is -1.53. The number of amides is 3. The van der Waals surface area contributed by atoms with E-state index in [1.165, 1.54) is 24.3 Å². The van der Waals surface area contributed by atoms with Gasteiger partial charge in [-0.2, -0.15) is 0 Å². The van der Waals surface area contributed by atoms with Crippen molar-refractivity contribution in [2.24, 2.45) is 88.8 Å². The number of carbonyl (C=O) groups is 8. The van der Waals surface area contributed by atoms with E-state index in [0.717, 1.165) is 98.4 Å². The second-order valence-corrected chi connectivity index (χ2v) is 31.3. The van der Waals surface area contributed by atoms with Crippen molar-refractivity contribution in [2.75, 3.05) is 33.0 Å². The summed E-state index contributed by atoms with van der Waals surface area (Å²) in [5.41, 5.74) is 4.64. The molecule has 3 aliphatic heterocycles. The highest BCUT2D eigenvalue weighted by Gasteiger charge is 2.59. The van der Waals surface area contributed by atoms with E-state index in [1.54, 1.807) is 72.1 Å². The van der Waals surface area contributed by atoms with Crippen LogP contribution in [0.3, 0.4) is 0 Å². The number of esters is 3. The van der Waals surface area contributed by atoms with Crippen LogP contribution in [0.2, 0.25) is 0 Å². The monoisotopic (exact) mass is 1480 g/mol. The molecular formula is C79H102F2N5O18P. The Kier molecular flexibility index (Phi) is 27.6. The van der Waals surface area contributed by atoms with Crippen molar-refractivity contribution in [1.29, 1.82) is 0 Å². The van der Waals surface area contributed by atoms with E-state index in [-0.39, 0.29) is 149 Å². The van der Waals surface area contributed by atoms with Crippen LogP contribution in [-0.4, -0.2) is 133 Å². The summed E-state index contributed by atoms with van der Waals surface area (Å²) in [6.45, 7) is 16.2. The highest BCUT2D eigenvalue weighted by atomic mass is 31.2. The second kappa shape index (κ2) is 36.4. The number of ether oxygens (including phenoxy) is 6. The minimum atomic E-state index is -3.16. The number of allylic oxidation sites excluding steroid dienone is 1. The summed E-state index contributed by atoms with van der Waals surface area (Å²) in [6, 6.07) is 20.4. The van der Waals surface area contributed by atoms with Crippen molar-refractivity contribution >= 4 is 62.1 Å². The molecule has 2 aromatic carbocycles. The van der Waals surface area contributed by atoms with Crippen LogP contribution in [0.15, 0.2) is 91.3 Å². The number of pyridine rings is 2. The lowest BCUT2D eigenvalue weighted by Crippen LogP contribution is -2.51. The Bertz CT molecular complexity index is 3750. The van der Waals surface area contributed by atoms with Crippen LogP contribution in [0, 0.1) is 100 Å². The Morgan fingerprint density at radius 1 is 0.533 bits per heavy atom. The zero-order chi connectivity index (χ0) is 75.2. The van der Waals surface area contributed by atoms with Gasteiger partial charge in [0.15, 0.2) is 0 Å². The average molecular weight is 1480 g/mol. The van der Waals surface area contributed by atoms with Crippen molar-refractivity contribution in [3.63, 3.8) is 0 Å². The molecule has 9 fully saturated rings. The number of carboxylic acids is 1. The quantitative estimate of drug-likeness (QED) is 0.0311. The highest BCUT2D eigenvalue weighted by Crippen LogP contribution is 2.57. The predicted molar refractivity (Wildman–Crippen MR) is 383 cm³/mol. The summed E-state index contributed by atoms with van der Waals surface area (Å²) < 4.78 is 81.1. The highest BCUT2D eigenvalue weighted by molar-refractivity contribution is 7.53. The van der Waals surface area contributed by atoms with Gasteiger partial charge in [0.25, 0.3) is 0 Å². The number of aromatic nitrogens is 2. The minimum Gasteiger partial charge on any atom is -0.481 e. The molecule has 0 radical (unpaired) electrons. The van der Waals surface area contributed by atoms with Crippen LogP contribution in [0.1, 0.15) is 144 Å². The first-order valence-corrected chi connectivity index (χ1v) is 39.3. The van der Waals surface area contributed by atoms with Gasteiger partial charge >= 0.3 is 49.8 Å². The smallest absolute Gasteiger partial charge is 0.407 e. The van der Waals surface area contributed by atoms with Gasteiger partial charge in [-0.05, 0) is 227 Å². The first-order valence-electron chi connectivity index (χ1n) is 37.5. The lowest BCUT2D eigenvalue weighted by molar-refractivity contribution is -0.153. The number of carboxylic acid groups (broad SMARTS) is 1. The summed E-state index contributed by atoms with van der Waals surface area (Å²) in [6.07, 6.45) is 16.7. The van der Waals surface area contributed by atoms with Gasteiger partial charge in [0.1, 0.15) is 36.2 Å². The predicted octanol–water partition coefficient (Wildman–Crippen LogP) is 14.0. The van der Waals surface area contributed by atoms with Crippen LogP contribution in [0.5, 0.6) is 0 Å². The van der Waals surface area contributed by atoms with Gasteiger partial charge in [-0.3, -0.25) is 33.7 Å². The Balaban J connectivity index is 0.000000154. The van der Waals surface area contributed by atoms with E-state index in [2.05, 4.69) is 32.0 Å². The fraction of sp³-hybridized carbons (Fsp3) is 0.595. The summed E-state index contributed by atoms with van der Waals surface area (Å²) >= 11 is 0. The van der Waals surface area contributed by atoms with Crippen molar-refractivity contribution in [3.05, 3.63) is 114 Å². The zero-order valence-electron chi connectivity index (χ0n) is 61.2. The van der Waals surface area contributed by atoms with Gasteiger partial charge in [-0.1, -0.05) is 42.5 Å². The number of cyclic esters (lactones) is 3. The number of hydrogen-bond acceptors (Lipinski definition) is 19. The Morgan fingerprint density at radius 3 is 1.36 bits per heavy atom. The third-order valence-electron chi connectivity index (χ3n) is 23.0. The first-order chi connectivity index (χ1) is 50.4. The molecular weight excluding hydrogens is 1380 g/mol. The van der Waals surface area contributed by atoms with E-state index in [9.17, 15) is 56.8 Å². The number of rotatable bonds is 18. The molecule has 3 amide bonds. The molecule has 105 heavy (non-hydrogen) atoms. The topological polar surface area (TPSA) is 310 Å². The molecule has 23 nitrogen and oxygen atoms in total. The van der Waals surface area contributed by atoms with Gasteiger partial charge in [-0.15, -0.1) is 0 Å². The maximum Gasteiger partial charge on any atom is 0.407 e. The van der Waals surface area contributed by atoms with E-state index >= 15 is 0 Å². The van der Waals surface area contributed by atoms with Gasteiger partial charge in [0.2, 0.25) is 0 Å². The molecule has 0 bridgehead atoms. The molecule has 6 aliphatic carbocycles. The summed E-state index contributed by atoms with van der Waals surface area (Å²) in [5, 5.41) is 18.5. The zero-order valence-corrected chi connectivity index (χ0v) is 62.0. The number of aldehydes is 1. The van der Waals surface area contributed by atoms with Crippen LogP contribution in [-0.2, 0) is 72.2 Å². The Labute approximate surface area is 613 Å². The van der Waals surface area contributed by atoms with Crippen LogP contribution >= 0.6 is 7.60 Å². The molecule has 570 valence electrons. The fourth-order valence-electron chi connectivity index (χ4n) is 18.8. The number of nitrogens with one attached hydrogen (secondary N) is 3. The number of carbonyl (C=O) groups excluding carboxylic acids is 7. The Morgan fingerprint density at radius 2 is 0.952 bits per heavy atom. The van der Waals surface area contributed by atoms with Gasteiger partial charge in [0, 0.05) is 65.3 Å². The molecule has 0 spiro atoms. The van der Waals surface area contributed by atoms with Gasteiger partial charge < -0.3 is 63.3 Å². The van der Waals surface area contributed by atoms with E-state index in [0.29, 0.717) is 69.3 Å². The molecule has 2 aromatic heterocycles. The number of alkyl carbamates (subject to hydrolysis) is 3. The maximum atomic E-state index is 13.6. The molecule has 5 heterocycles. The molecule has 13 rings (SSSR count). The van der Waals surface area contributed by atoms with Crippen molar-refractivity contribution in [1.82, 2.24) is 25.9 Å². The van der Waals surface area contributed by atoms with Crippen LogP contribution in [0.4, 0.5) is 23.2 Å². The van der Waals surface area contributed by atoms with E-state index < -0.39 is 25.6 Å². The van der Waals surface area contributed by atoms with Crippen LogP contribution < -0.4 is 16.0 Å². The molecule has 21 atom stereocenters. The lowest BCUT2D eigenvalue weighted by atomic mass is 9.57. The number of benzene rings is 2. The normalized spacial score (nSPS) is 31.8. The van der Waals surface area contributed by atoms with Crippen molar-refractivity contribution in [2.45, 2.75) is 175 Å². The fourth-order valence-corrected chi connectivity index (χ4v) is 20.4. The number of aliphatic carboxylic acids is 1. The number of fused-ring (bicyclic) bond motifs is 6. The third-order valence-corrected chi connectivity index (χ3v) is 25.1. The van der Waals surface area contributed by atoms with Crippen molar-refractivity contribution in [3.8, 4) is 22.3 Å². The second-order valence-electron chi connectivity index (χ2n) is 29.2. The minimum absolute atomic E-state index is 0.0221. The lowest BCUT2D eigenvalue weighted by Gasteiger charge is -2.47. The largest absolute Gasteiger partial charge is 0.481 e. The number of halogens is 2. The molecule has 0 unspecified atom stereocenters. The van der Waals surface area contributed by atoms with E-state index in [4.69, 9.17) is 37.5 Å². The molecule has 4 N–H and O–H groups in total.